The highest BCUT2D eigenvalue weighted by atomic mass is 79.9. The Morgan fingerprint density at radius 3 is 2.05 bits per heavy atom. The van der Waals surface area contributed by atoms with Crippen LogP contribution in [-0.2, 0) is 4.74 Å². The number of hydrogen-bond acceptors (Lipinski definition) is 3. The highest BCUT2D eigenvalue weighted by Gasteiger charge is 2.20. The van der Waals surface area contributed by atoms with E-state index in [9.17, 15) is 9.59 Å². The lowest BCUT2D eigenvalue weighted by Crippen LogP contribution is -2.24. The summed E-state index contributed by atoms with van der Waals surface area (Å²) < 4.78 is 6.10. The molecule has 0 aliphatic heterocycles. The molecular weight excluding hydrogens is 332 g/mol. The van der Waals surface area contributed by atoms with Crippen molar-refractivity contribution in [2.45, 2.75) is 20.0 Å². The molecule has 0 N–H and O–H groups in total. The molecule has 1 atom stereocenters. The van der Waals surface area contributed by atoms with Crippen molar-refractivity contribution in [3.8, 4) is 0 Å². The predicted octanol–water partition coefficient (Wildman–Crippen LogP) is 4.19. The maximum absolute atomic E-state index is 12.2. The highest BCUT2D eigenvalue weighted by molar-refractivity contribution is 9.10. The molecule has 2 aromatic carbocycles. The smallest absolute Gasteiger partial charge is 0.338 e. The van der Waals surface area contributed by atoms with Crippen LogP contribution in [0.5, 0.6) is 0 Å². The van der Waals surface area contributed by atoms with E-state index >= 15 is 0 Å². The minimum atomic E-state index is -0.816. The van der Waals surface area contributed by atoms with Gasteiger partial charge in [0.05, 0.1) is 5.56 Å². The molecule has 0 fully saturated rings. The van der Waals surface area contributed by atoms with E-state index in [1.54, 1.807) is 43.3 Å². The zero-order valence-electron chi connectivity index (χ0n) is 11.8. The van der Waals surface area contributed by atoms with Gasteiger partial charge in [0.2, 0.25) is 5.78 Å². The molecule has 2 rings (SSSR count). The van der Waals surface area contributed by atoms with Gasteiger partial charge in [0.25, 0.3) is 0 Å². The molecule has 108 valence electrons. The van der Waals surface area contributed by atoms with Gasteiger partial charge in [-0.2, -0.15) is 0 Å². The molecule has 0 unspecified atom stereocenters. The predicted molar refractivity (Wildman–Crippen MR) is 84.5 cm³/mol. The van der Waals surface area contributed by atoms with Crippen LogP contribution in [0.2, 0.25) is 0 Å². The van der Waals surface area contributed by atoms with Crippen LogP contribution in [0.15, 0.2) is 53.0 Å². The monoisotopic (exact) mass is 346 g/mol. The maximum atomic E-state index is 12.2. The molecule has 0 bridgehead atoms. The Morgan fingerprint density at radius 1 is 0.952 bits per heavy atom. The highest BCUT2D eigenvalue weighted by Crippen LogP contribution is 2.14. The largest absolute Gasteiger partial charge is 0.451 e. The fourth-order valence-electron chi connectivity index (χ4n) is 1.82. The number of aryl methyl sites for hydroxylation is 1. The molecule has 0 spiro atoms. The standard InChI is InChI=1S/C17H15BrO3/c1-11-3-5-13(6-4-11)16(19)12(2)21-17(20)14-7-9-15(18)10-8-14/h3-10,12H,1-2H3/t12-/m1/s1. The maximum Gasteiger partial charge on any atom is 0.338 e. The molecule has 0 radical (unpaired) electrons. The molecule has 21 heavy (non-hydrogen) atoms. The van der Waals surface area contributed by atoms with Gasteiger partial charge in [0.15, 0.2) is 6.10 Å². The number of Topliss-reactive ketones (excluding diaryl/α,β-unsaturated/α-hetero) is 1. The van der Waals surface area contributed by atoms with Crippen LogP contribution in [0.3, 0.4) is 0 Å². The zero-order chi connectivity index (χ0) is 15.4. The van der Waals surface area contributed by atoms with Crippen molar-refractivity contribution in [1.29, 1.82) is 0 Å². The Hall–Kier alpha value is -1.94. The van der Waals surface area contributed by atoms with Crippen molar-refractivity contribution in [1.82, 2.24) is 0 Å². The minimum absolute atomic E-state index is 0.208. The van der Waals surface area contributed by atoms with Gasteiger partial charge < -0.3 is 4.74 Å². The van der Waals surface area contributed by atoms with Crippen molar-refractivity contribution in [3.63, 3.8) is 0 Å². The molecule has 0 aliphatic carbocycles. The van der Waals surface area contributed by atoms with Crippen LogP contribution in [-0.4, -0.2) is 17.9 Å². The van der Waals surface area contributed by atoms with Crippen LogP contribution in [0.4, 0.5) is 0 Å². The number of benzene rings is 2. The van der Waals surface area contributed by atoms with Gasteiger partial charge in [-0.25, -0.2) is 4.79 Å². The number of halogens is 1. The lowest BCUT2D eigenvalue weighted by Gasteiger charge is -2.12. The third kappa shape index (κ3) is 4.02. The van der Waals surface area contributed by atoms with E-state index in [4.69, 9.17) is 4.74 Å². The zero-order valence-corrected chi connectivity index (χ0v) is 13.4. The first-order chi connectivity index (χ1) is 9.97. The van der Waals surface area contributed by atoms with Gasteiger partial charge in [-0.15, -0.1) is 0 Å². The Kier molecular flexibility index (Phi) is 4.91. The summed E-state index contributed by atoms with van der Waals surface area (Å²) in [6, 6.07) is 14.0. The second kappa shape index (κ2) is 6.68. The Bertz CT molecular complexity index is 645. The molecule has 2 aromatic rings. The average molecular weight is 347 g/mol. The van der Waals surface area contributed by atoms with Crippen molar-refractivity contribution >= 4 is 27.7 Å². The number of carbonyl (C=O) groups is 2. The minimum Gasteiger partial charge on any atom is -0.451 e. The van der Waals surface area contributed by atoms with E-state index in [0.29, 0.717) is 11.1 Å². The van der Waals surface area contributed by atoms with E-state index in [0.717, 1.165) is 10.0 Å². The van der Waals surface area contributed by atoms with Gasteiger partial charge in [-0.3, -0.25) is 4.79 Å². The van der Waals surface area contributed by atoms with Gasteiger partial charge >= 0.3 is 5.97 Å². The van der Waals surface area contributed by atoms with Crippen molar-refractivity contribution in [2.24, 2.45) is 0 Å². The summed E-state index contributed by atoms with van der Waals surface area (Å²) in [5.41, 5.74) is 2.03. The third-order valence-corrected chi connectivity index (χ3v) is 3.60. The first-order valence-electron chi connectivity index (χ1n) is 6.55. The van der Waals surface area contributed by atoms with Gasteiger partial charge in [-0.05, 0) is 38.1 Å². The van der Waals surface area contributed by atoms with E-state index in [1.165, 1.54) is 0 Å². The molecule has 3 nitrogen and oxygen atoms in total. The molecule has 0 aromatic heterocycles. The summed E-state index contributed by atoms with van der Waals surface area (Å²) in [6.07, 6.45) is -0.816. The normalized spacial score (nSPS) is 11.8. The summed E-state index contributed by atoms with van der Waals surface area (Å²) >= 11 is 3.30. The van der Waals surface area contributed by atoms with E-state index in [2.05, 4.69) is 15.9 Å². The van der Waals surface area contributed by atoms with E-state index in [-0.39, 0.29) is 5.78 Å². The molecule has 0 aliphatic rings. The van der Waals surface area contributed by atoms with Crippen LogP contribution < -0.4 is 0 Å². The molecular formula is C17H15BrO3. The fourth-order valence-corrected chi connectivity index (χ4v) is 2.08. The second-order valence-corrected chi connectivity index (χ2v) is 5.70. The lowest BCUT2D eigenvalue weighted by molar-refractivity contribution is 0.0319. The van der Waals surface area contributed by atoms with Crippen LogP contribution in [0, 0.1) is 6.92 Å². The topological polar surface area (TPSA) is 43.4 Å². The number of esters is 1. The van der Waals surface area contributed by atoms with Gasteiger partial charge in [0.1, 0.15) is 0 Å². The molecule has 0 saturated carbocycles. The lowest BCUT2D eigenvalue weighted by atomic mass is 10.1. The fraction of sp³-hybridized carbons (Fsp3) is 0.176. The van der Waals surface area contributed by atoms with Crippen molar-refractivity contribution in [2.75, 3.05) is 0 Å². The van der Waals surface area contributed by atoms with E-state index in [1.807, 2.05) is 19.1 Å². The van der Waals surface area contributed by atoms with Gasteiger partial charge in [-0.1, -0.05) is 45.8 Å². The average Bonchev–Trinajstić information content (AvgIpc) is 2.47. The third-order valence-electron chi connectivity index (χ3n) is 3.07. The second-order valence-electron chi connectivity index (χ2n) is 4.78. The number of ether oxygens (including phenoxy) is 1. The molecule has 0 saturated heterocycles. The number of hydrogen-bond donors (Lipinski definition) is 0. The van der Waals surface area contributed by atoms with Crippen LogP contribution in [0.1, 0.15) is 33.2 Å². The summed E-state index contributed by atoms with van der Waals surface area (Å²) in [6.45, 7) is 3.53. The van der Waals surface area contributed by atoms with Crippen molar-refractivity contribution < 1.29 is 14.3 Å². The summed E-state index contributed by atoms with van der Waals surface area (Å²) in [4.78, 5) is 24.2. The molecule has 0 heterocycles. The Labute approximate surface area is 132 Å². The SMILES string of the molecule is Cc1ccc(C(=O)[C@@H](C)OC(=O)c2ccc(Br)cc2)cc1. The number of rotatable bonds is 4. The van der Waals surface area contributed by atoms with E-state index < -0.39 is 12.1 Å². The Morgan fingerprint density at radius 2 is 1.48 bits per heavy atom. The van der Waals surface area contributed by atoms with Crippen LogP contribution >= 0.6 is 15.9 Å². The Balaban J connectivity index is 2.05. The molecule has 4 heteroatoms. The first-order valence-corrected chi connectivity index (χ1v) is 7.34. The quantitative estimate of drug-likeness (QED) is 0.615. The van der Waals surface area contributed by atoms with Crippen LogP contribution in [0.25, 0.3) is 0 Å². The summed E-state index contributed by atoms with van der Waals surface area (Å²) in [7, 11) is 0. The molecule has 0 amide bonds. The summed E-state index contributed by atoms with van der Waals surface area (Å²) in [5.74, 6) is -0.712. The number of ketones is 1. The summed E-state index contributed by atoms with van der Waals surface area (Å²) in [5, 5.41) is 0. The first kappa shape index (κ1) is 15.4. The number of carbonyl (C=O) groups excluding carboxylic acids is 2. The van der Waals surface area contributed by atoms with Gasteiger partial charge in [0, 0.05) is 10.0 Å². The van der Waals surface area contributed by atoms with Crippen molar-refractivity contribution in [3.05, 3.63) is 69.7 Å².